The Bertz CT molecular complexity index is 819. The summed E-state index contributed by atoms with van der Waals surface area (Å²) in [5.74, 6) is 1.55. The van der Waals surface area contributed by atoms with Crippen LogP contribution in [0.1, 0.15) is 55.9 Å². The number of nitrogens with one attached hydrogen (secondary N) is 1. The van der Waals surface area contributed by atoms with E-state index in [0.717, 1.165) is 29.5 Å². The zero-order chi connectivity index (χ0) is 18.1. The Balaban J connectivity index is 1.43. The van der Waals surface area contributed by atoms with Crippen molar-refractivity contribution in [2.24, 2.45) is 5.92 Å². The minimum atomic E-state index is 0.0708. The third kappa shape index (κ3) is 3.69. The number of rotatable bonds is 4. The van der Waals surface area contributed by atoms with Crippen LogP contribution in [0.3, 0.4) is 0 Å². The van der Waals surface area contributed by atoms with Crippen molar-refractivity contribution >= 4 is 45.0 Å². The lowest BCUT2D eigenvalue weighted by atomic mass is 9.86. The predicted octanol–water partition coefficient (Wildman–Crippen LogP) is 3.94. The van der Waals surface area contributed by atoms with Crippen molar-refractivity contribution in [1.82, 2.24) is 15.3 Å². The molecule has 0 spiro atoms. The molecule has 1 saturated carbocycles. The van der Waals surface area contributed by atoms with Gasteiger partial charge in [-0.3, -0.25) is 4.79 Å². The fraction of sp³-hybridized carbons (Fsp3) is 0.632. The maximum Gasteiger partial charge on any atom is 0.230 e. The highest BCUT2D eigenvalue weighted by Gasteiger charge is 2.23. The molecule has 0 aromatic carbocycles. The van der Waals surface area contributed by atoms with E-state index in [2.05, 4.69) is 22.2 Å². The van der Waals surface area contributed by atoms with E-state index < -0.39 is 0 Å². The molecule has 2 unspecified atom stereocenters. The van der Waals surface area contributed by atoms with Crippen LogP contribution in [0, 0.1) is 5.92 Å². The number of hydrogen-bond donors (Lipinski definition) is 2. The number of nitrogens with zero attached hydrogens (tertiary/aromatic N) is 2. The summed E-state index contributed by atoms with van der Waals surface area (Å²) in [6.07, 6.45) is 9.45. The van der Waals surface area contributed by atoms with Gasteiger partial charge in [0.15, 0.2) is 5.16 Å². The Morgan fingerprint density at radius 2 is 2.04 bits per heavy atom. The maximum absolute atomic E-state index is 12.3. The summed E-state index contributed by atoms with van der Waals surface area (Å²) in [5.41, 5.74) is 7.60. The Hall–Kier alpha value is -1.34. The first-order valence-corrected chi connectivity index (χ1v) is 11.4. The molecule has 140 valence electrons. The summed E-state index contributed by atoms with van der Waals surface area (Å²) in [7, 11) is 0. The third-order valence-electron chi connectivity index (χ3n) is 5.61. The lowest BCUT2D eigenvalue weighted by molar-refractivity contribution is -0.119. The molecule has 2 aromatic heterocycles. The van der Waals surface area contributed by atoms with E-state index in [1.807, 2.05) is 0 Å². The van der Waals surface area contributed by atoms with E-state index in [0.29, 0.717) is 28.7 Å². The Labute approximate surface area is 162 Å². The number of carbonyl (C=O) groups is 1. The maximum atomic E-state index is 12.3. The van der Waals surface area contributed by atoms with Crippen LogP contribution < -0.4 is 11.1 Å². The number of nitrogen functional groups attached to an aromatic ring is 1. The van der Waals surface area contributed by atoms with E-state index in [-0.39, 0.29) is 5.91 Å². The van der Waals surface area contributed by atoms with E-state index in [4.69, 9.17) is 5.73 Å². The largest absolute Gasteiger partial charge is 0.383 e. The van der Waals surface area contributed by atoms with E-state index in [1.54, 1.807) is 11.3 Å². The molecule has 2 aliphatic carbocycles. The topological polar surface area (TPSA) is 80.9 Å². The first-order valence-electron chi connectivity index (χ1n) is 9.61. The summed E-state index contributed by atoms with van der Waals surface area (Å²) in [6, 6.07) is 0.314. The van der Waals surface area contributed by atoms with Gasteiger partial charge < -0.3 is 11.1 Å². The zero-order valence-corrected chi connectivity index (χ0v) is 16.8. The third-order valence-corrected chi connectivity index (χ3v) is 7.65. The number of fused-ring (bicyclic) bond motifs is 3. The van der Waals surface area contributed by atoms with Gasteiger partial charge >= 0.3 is 0 Å². The minimum absolute atomic E-state index is 0.0708. The molecule has 3 N–H and O–H groups in total. The van der Waals surface area contributed by atoms with Gasteiger partial charge in [0.2, 0.25) is 5.91 Å². The highest BCUT2D eigenvalue weighted by molar-refractivity contribution is 7.99. The second-order valence-electron chi connectivity index (χ2n) is 7.51. The van der Waals surface area contributed by atoms with Gasteiger partial charge in [0.1, 0.15) is 10.6 Å². The second kappa shape index (κ2) is 7.72. The monoisotopic (exact) mass is 390 g/mol. The first-order chi connectivity index (χ1) is 12.6. The van der Waals surface area contributed by atoms with Crippen LogP contribution in [0.5, 0.6) is 0 Å². The van der Waals surface area contributed by atoms with E-state index in [1.165, 1.54) is 54.3 Å². The number of aromatic nitrogens is 2. The van der Waals surface area contributed by atoms with E-state index in [9.17, 15) is 4.79 Å². The van der Waals surface area contributed by atoms with Crippen LogP contribution in [0.4, 0.5) is 5.82 Å². The highest BCUT2D eigenvalue weighted by atomic mass is 32.2. The van der Waals surface area contributed by atoms with Gasteiger partial charge in [-0.25, -0.2) is 9.97 Å². The zero-order valence-electron chi connectivity index (χ0n) is 15.2. The van der Waals surface area contributed by atoms with Gasteiger partial charge in [-0.05, 0) is 50.0 Å². The van der Waals surface area contributed by atoms with Crippen molar-refractivity contribution in [3.05, 3.63) is 10.4 Å². The van der Waals surface area contributed by atoms with Crippen molar-refractivity contribution in [2.75, 3.05) is 11.5 Å². The lowest BCUT2D eigenvalue weighted by Crippen LogP contribution is -2.41. The predicted molar refractivity (Wildman–Crippen MR) is 109 cm³/mol. The molecule has 0 bridgehead atoms. The van der Waals surface area contributed by atoms with Crippen molar-refractivity contribution in [3.8, 4) is 0 Å². The average molecular weight is 391 g/mol. The fourth-order valence-electron chi connectivity index (χ4n) is 4.14. The summed E-state index contributed by atoms with van der Waals surface area (Å²) in [6.45, 7) is 2.23. The SMILES string of the molecule is CC1CCCCC1NC(=O)CSc1nc(N)c2c3c(sc2n1)CCCC3. The average Bonchev–Trinajstić information content (AvgIpc) is 3.01. The molecular formula is C19H26N4OS2. The molecule has 1 amide bonds. The smallest absolute Gasteiger partial charge is 0.230 e. The van der Waals surface area contributed by atoms with Gasteiger partial charge in [0.05, 0.1) is 11.1 Å². The Kier molecular flexibility index (Phi) is 5.36. The lowest BCUT2D eigenvalue weighted by Gasteiger charge is -2.29. The number of hydrogen-bond acceptors (Lipinski definition) is 6. The number of anilines is 1. The quantitative estimate of drug-likeness (QED) is 0.610. The minimum Gasteiger partial charge on any atom is -0.383 e. The number of aryl methyl sites for hydroxylation is 2. The second-order valence-corrected chi connectivity index (χ2v) is 9.53. The number of thioether (sulfide) groups is 1. The molecule has 5 nitrogen and oxygen atoms in total. The first kappa shape index (κ1) is 18.0. The molecule has 2 aromatic rings. The molecule has 0 saturated heterocycles. The van der Waals surface area contributed by atoms with E-state index >= 15 is 0 Å². The highest BCUT2D eigenvalue weighted by Crippen LogP contribution is 2.38. The summed E-state index contributed by atoms with van der Waals surface area (Å²) in [4.78, 5) is 23.9. The Morgan fingerprint density at radius 3 is 2.88 bits per heavy atom. The van der Waals surface area contributed by atoms with Crippen molar-refractivity contribution in [2.45, 2.75) is 69.5 Å². The molecule has 2 heterocycles. The summed E-state index contributed by atoms with van der Waals surface area (Å²) in [5, 5.41) is 4.85. The van der Waals surface area contributed by atoms with Crippen molar-refractivity contribution < 1.29 is 4.79 Å². The van der Waals surface area contributed by atoms with Crippen molar-refractivity contribution in [3.63, 3.8) is 0 Å². The standard InChI is InChI=1S/C19H26N4OS2/c1-11-6-2-4-8-13(11)21-15(24)10-25-19-22-17(20)16-12-7-3-5-9-14(12)26-18(16)23-19/h11,13H,2-10H2,1H3,(H,21,24)(H2,20,22,23). The molecule has 4 rings (SSSR count). The van der Waals surface area contributed by atoms with Crippen LogP contribution >= 0.6 is 23.1 Å². The van der Waals surface area contributed by atoms with Gasteiger partial charge in [-0.2, -0.15) is 0 Å². The van der Waals surface area contributed by atoms with Gasteiger partial charge in [0, 0.05) is 10.9 Å². The van der Waals surface area contributed by atoms with Crippen LogP contribution in [-0.4, -0.2) is 27.7 Å². The molecule has 7 heteroatoms. The number of carbonyl (C=O) groups excluding carboxylic acids is 1. The fourth-order valence-corrected chi connectivity index (χ4v) is 6.13. The van der Waals surface area contributed by atoms with Crippen LogP contribution in [0.2, 0.25) is 0 Å². The number of nitrogens with two attached hydrogens (primary N) is 1. The molecule has 2 aliphatic rings. The Morgan fingerprint density at radius 1 is 1.23 bits per heavy atom. The van der Waals surface area contributed by atoms with Gasteiger partial charge in [-0.1, -0.05) is 31.5 Å². The van der Waals surface area contributed by atoms with Gasteiger partial charge in [-0.15, -0.1) is 11.3 Å². The van der Waals surface area contributed by atoms with Crippen molar-refractivity contribution in [1.29, 1.82) is 0 Å². The molecule has 1 fully saturated rings. The van der Waals surface area contributed by atoms with Gasteiger partial charge in [0.25, 0.3) is 0 Å². The molecule has 26 heavy (non-hydrogen) atoms. The summed E-state index contributed by atoms with van der Waals surface area (Å²) < 4.78 is 0. The van der Waals surface area contributed by atoms with Crippen LogP contribution in [0.25, 0.3) is 10.2 Å². The molecule has 2 atom stereocenters. The number of thiophene rings is 1. The summed E-state index contributed by atoms with van der Waals surface area (Å²) >= 11 is 3.13. The van der Waals surface area contributed by atoms with Crippen LogP contribution in [-0.2, 0) is 17.6 Å². The number of amides is 1. The molecule has 0 radical (unpaired) electrons. The van der Waals surface area contributed by atoms with Crippen LogP contribution in [0.15, 0.2) is 5.16 Å². The molecule has 0 aliphatic heterocycles. The normalized spacial score (nSPS) is 23.0. The molecular weight excluding hydrogens is 364 g/mol.